The van der Waals surface area contributed by atoms with Crippen LogP contribution in [-0.2, 0) is 19.1 Å². The van der Waals surface area contributed by atoms with Gasteiger partial charge < -0.3 is 15.0 Å². The van der Waals surface area contributed by atoms with Crippen molar-refractivity contribution in [3.63, 3.8) is 0 Å². The summed E-state index contributed by atoms with van der Waals surface area (Å²) in [4.78, 5) is 38.6. The lowest BCUT2D eigenvalue weighted by molar-refractivity contribution is -0.157. The van der Waals surface area contributed by atoms with Gasteiger partial charge in [-0.1, -0.05) is 36.6 Å². The summed E-state index contributed by atoms with van der Waals surface area (Å²) >= 11 is 6.01. The first-order valence-electron chi connectivity index (χ1n) is 9.01. The number of anilines is 1. The highest BCUT2D eigenvalue weighted by Gasteiger charge is 2.40. The maximum absolute atomic E-state index is 12.4. The normalized spacial score (nSPS) is 21.7. The van der Waals surface area contributed by atoms with Crippen molar-refractivity contribution in [2.45, 2.75) is 51.2 Å². The van der Waals surface area contributed by atoms with E-state index in [1.54, 1.807) is 24.3 Å². The Morgan fingerprint density at radius 2 is 1.96 bits per heavy atom. The number of para-hydroxylation sites is 1. The Bertz CT molecular complexity index is 703. The van der Waals surface area contributed by atoms with E-state index in [4.69, 9.17) is 16.3 Å². The quantitative estimate of drug-likeness (QED) is 0.799. The van der Waals surface area contributed by atoms with Crippen LogP contribution in [0.1, 0.15) is 39.0 Å². The van der Waals surface area contributed by atoms with Crippen molar-refractivity contribution in [3.05, 3.63) is 29.3 Å². The van der Waals surface area contributed by atoms with Crippen LogP contribution in [0.2, 0.25) is 5.02 Å². The second-order valence-corrected chi connectivity index (χ2v) is 7.34. The van der Waals surface area contributed by atoms with Crippen LogP contribution < -0.4 is 5.32 Å². The zero-order valence-electron chi connectivity index (χ0n) is 14.7. The molecule has 1 aliphatic heterocycles. The first-order valence-corrected chi connectivity index (χ1v) is 9.39. The molecule has 2 aliphatic rings. The molecule has 6 nitrogen and oxygen atoms in total. The van der Waals surface area contributed by atoms with E-state index in [1.165, 1.54) is 6.92 Å². The van der Waals surface area contributed by atoms with E-state index < -0.39 is 23.9 Å². The maximum Gasteiger partial charge on any atom is 0.312 e. The standard InChI is InChI=1S/C19H23ClN2O4/c1-12(18(24)21-16-9-5-4-8-15(16)20)26-19(25)13-10-17(23)22(11-13)14-6-2-3-7-14/h4-5,8-9,12-14H,2-3,6-7,10-11H2,1H3,(H,21,24)/t12-,13-/m0/s1. The summed E-state index contributed by atoms with van der Waals surface area (Å²) in [6.07, 6.45) is 3.46. The van der Waals surface area contributed by atoms with Gasteiger partial charge in [-0.05, 0) is 31.9 Å². The minimum Gasteiger partial charge on any atom is -0.452 e. The molecule has 1 aliphatic carbocycles. The Morgan fingerprint density at radius 1 is 1.27 bits per heavy atom. The molecule has 1 N–H and O–H groups in total. The molecule has 0 aromatic heterocycles. The van der Waals surface area contributed by atoms with Gasteiger partial charge in [0.05, 0.1) is 16.6 Å². The number of nitrogens with one attached hydrogen (secondary N) is 1. The summed E-state index contributed by atoms with van der Waals surface area (Å²) in [5, 5.41) is 3.05. The van der Waals surface area contributed by atoms with Crippen LogP contribution in [0.5, 0.6) is 0 Å². The first-order chi connectivity index (χ1) is 12.5. The number of benzene rings is 1. The van der Waals surface area contributed by atoms with Crippen LogP contribution in [-0.4, -0.2) is 41.4 Å². The smallest absolute Gasteiger partial charge is 0.312 e. The fraction of sp³-hybridized carbons (Fsp3) is 0.526. The number of nitrogens with zero attached hydrogens (tertiary/aromatic N) is 1. The molecule has 1 aromatic rings. The predicted molar refractivity (Wildman–Crippen MR) is 97.7 cm³/mol. The second kappa shape index (κ2) is 8.08. The number of likely N-dealkylation sites (tertiary alicyclic amines) is 1. The minimum absolute atomic E-state index is 0.00650. The third-order valence-corrected chi connectivity index (χ3v) is 5.38. The molecule has 0 unspecified atom stereocenters. The predicted octanol–water partition coefficient (Wildman–Crippen LogP) is 3.00. The molecule has 7 heteroatoms. The monoisotopic (exact) mass is 378 g/mol. The van der Waals surface area contributed by atoms with Crippen LogP contribution >= 0.6 is 11.6 Å². The van der Waals surface area contributed by atoms with Crippen molar-refractivity contribution < 1.29 is 19.1 Å². The van der Waals surface area contributed by atoms with Gasteiger partial charge in [-0.3, -0.25) is 14.4 Å². The Kier molecular flexibility index (Phi) is 5.81. The Balaban J connectivity index is 1.53. The summed E-state index contributed by atoms with van der Waals surface area (Å²) in [6, 6.07) is 7.09. The van der Waals surface area contributed by atoms with Crippen molar-refractivity contribution >= 4 is 35.1 Å². The molecule has 2 fully saturated rings. The van der Waals surface area contributed by atoms with Gasteiger partial charge in [-0.25, -0.2) is 0 Å². The average molecular weight is 379 g/mol. The molecule has 26 heavy (non-hydrogen) atoms. The zero-order valence-corrected chi connectivity index (χ0v) is 15.5. The van der Waals surface area contributed by atoms with Crippen LogP contribution in [0.3, 0.4) is 0 Å². The third-order valence-electron chi connectivity index (χ3n) is 5.05. The van der Waals surface area contributed by atoms with E-state index in [1.807, 2.05) is 4.90 Å². The van der Waals surface area contributed by atoms with Crippen molar-refractivity contribution in [2.75, 3.05) is 11.9 Å². The van der Waals surface area contributed by atoms with Crippen LogP contribution in [0.25, 0.3) is 0 Å². The lowest BCUT2D eigenvalue weighted by Gasteiger charge is -2.24. The summed E-state index contributed by atoms with van der Waals surface area (Å²) < 4.78 is 5.29. The van der Waals surface area contributed by atoms with Crippen LogP contribution in [0.15, 0.2) is 24.3 Å². The molecule has 0 bridgehead atoms. The van der Waals surface area contributed by atoms with Gasteiger partial charge in [-0.15, -0.1) is 0 Å². The van der Waals surface area contributed by atoms with Gasteiger partial charge in [0, 0.05) is 19.0 Å². The summed E-state index contributed by atoms with van der Waals surface area (Å²) in [6.45, 7) is 1.90. The van der Waals surface area contributed by atoms with E-state index in [9.17, 15) is 14.4 Å². The number of carbonyl (C=O) groups excluding carboxylic acids is 3. The van der Waals surface area contributed by atoms with E-state index in [2.05, 4.69) is 5.32 Å². The van der Waals surface area contributed by atoms with Gasteiger partial charge in [0.2, 0.25) is 5.91 Å². The molecule has 140 valence electrons. The number of hydrogen-bond acceptors (Lipinski definition) is 4. The minimum atomic E-state index is -0.964. The van der Waals surface area contributed by atoms with Crippen molar-refractivity contribution in [1.29, 1.82) is 0 Å². The summed E-state index contributed by atoms with van der Waals surface area (Å²) in [5.41, 5.74) is 0.463. The Morgan fingerprint density at radius 3 is 2.65 bits per heavy atom. The third kappa shape index (κ3) is 4.18. The molecule has 1 saturated carbocycles. The molecule has 2 amide bonds. The maximum atomic E-state index is 12.4. The van der Waals surface area contributed by atoms with E-state index in [0.29, 0.717) is 17.3 Å². The topological polar surface area (TPSA) is 75.7 Å². The Hall–Kier alpha value is -2.08. The fourth-order valence-corrected chi connectivity index (χ4v) is 3.76. The van der Waals surface area contributed by atoms with Crippen molar-refractivity contribution in [2.24, 2.45) is 5.92 Å². The van der Waals surface area contributed by atoms with E-state index >= 15 is 0 Å². The van der Waals surface area contributed by atoms with Gasteiger partial charge in [0.25, 0.3) is 5.91 Å². The number of hydrogen-bond donors (Lipinski definition) is 1. The van der Waals surface area contributed by atoms with E-state index in [-0.39, 0.29) is 18.4 Å². The highest BCUT2D eigenvalue weighted by Crippen LogP contribution is 2.30. The highest BCUT2D eigenvalue weighted by molar-refractivity contribution is 6.33. The van der Waals surface area contributed by atoms with Gasteiger partial charge in [0.15, 0.2) is 6.10 Å². The fourth-order valence-electron chi connectivity index (χ4n) is 3.58. The molecule has 1 aromatic carbocycles. The number of ether oxygens (including phenoxy) is 1. The first kappa shape index (κ1) is 18.7. The molecule has 1 heterocycles. The Labute approximate surface area is 157 Å². The highest BCUT2D eigenvalue weighted by atomic mass is 35.5. The SMILES string of the molecule is C[C@H](OC(=O)[C@H]1CC(=O)N(C2CCCC2)C1)C(=O)Nc1ccccc1Cl. The average Bonchev–Trinajstić information content (AvgIpc) is 3.26. The second-order valence-electron chi connectivity index (χ2n) is 6.93. The largest absolute Gasteiger partial charge is 0.452 e. The van der Waals surface area contributed by atoms with Crippen molar-refractivity contribution in [3.8, 4) is 0 Å². The lowest BCUT2D eigenvalue weighted by Crippen LogP contribution is -2.36. The number of amides is 2. The molecule has 1 saturated heterocycles. The number of rotatable bonds is 5. The lowest BCUT2D eigenvalue weighted by atomic mass is 10.1. The van der Waals surface area contributed by atoms with Crippen molar-refractivity contribution in [1.82, 2.24) is 4.90 Å². The molecule has 2 atom stereocenters. The number of carbonyl (C=O) groups is 3. The molecule has 0 spiro atoms. The molecular weight excluding hydrogens is 356 g/mol. The van der Waals surface area contributed by atoms with E-state index in [0.717, 1.165) is 25.7 Å². The molecule has 0 radical (unpaired) electrons. The number of halogens is 1. The molecular formula is C19H23ClN2O4. The molecule has 3 rings (SSSR count). The summed E-state index contributed by atoms with van der Waals surface area (Å²) in [7, 11) is 0. The summed E-state index contributed by atoms with van der Waals surface area (Å²) in [5.74, 6) is -1.45. The van der Waals surface area contributed by atoms with Crippen LogP contribution in [0.4, 0.5) is 5.69 Å². The van der Waals surface area contributed by atoms with Gasteiger partial charge in [0.1, 0.15) is 0 Å². The van der Waals surface area contributed by atoms with Crippen LogP contribution in [0, 0.1) is 5.92 Å². The van der Waals surface area contributed by atoms with Gasteiger partial charge >= 0.3 is 5.97 Å². The zero-order chi connectivity index (χ0) is 18.7. The van der Waals surface area contributed by atoms with Gasteiger partial charge in [-0.2, -0.15) is 0 Å². The number of esters is 1.